The molecule has 7 heteroatoms. The predicted octanol–water partition coefficient (Wildman–Crippen LogP) is 0.786. The number of nitro benzene ring substituents is 1. The molecule has 0 amide bonds. The van der Waals surface area contributed by atoms with E-state index in [0.717, 1.165) is 0 Å². The molecule has 2 atom stereocenters. The molecule has 0 aromatic heterocycles. The summed E-state index contributed by atoms with van der Waals surface area (Å²) in [6.45, 7) is 0.803. The molecular weight excluding hydrogens is 260 g/mol. The molecule has 1 aliphatic rings. The van der Waals surface area contributed by atoms with E-state index in [0.29, 0.717) is 10.6 Å². The zero-order valence-electron chi connectivity index (χ0n) is 9.49. The quantitative estimate of drug-likeness (QED) is 0.627. The Labute approximate surface area is 109 Å². The molecule has 1 fully saturated rings. The van der Waals surface area contributed by atoms with Crippen LogP contribution in [-0.4, -0.2) is 45.3 Å². The zero-order valence-corrected chi connectivity index (χ0v) is 10.2. The fraction of sp³-hybridized carbons (Fsp3) is 0.455. The van der Waals surface area contributed by atoms with Crippen LogP contribution in [0.5, 0.6) is 0 Å². The molecule has 1 heterocycles. The number of rotatable bonds is 3. The van der Waals surface area contributed by atoms with Gasteiger partial charge in [-0.3, -0.25) is 15.0 Å². The monoisotopic (exact) mass is 272 g/mol. The molecule has 1 saturated heterocycles. The molecule has 98 valence electrons. The van der Waals surface area contributed by atoms with Crippen LogP contribution in [-0.2, 0) is 6.54 Å². The van der Waals surface area contributed by atoms with E-state index in [4.69, 9.17) is 11.6 Å². The van der Waals surface area contributed by atoms with Crippen LogP contribution in [0.3, 0.4) is 0 Å². The van der Waals surface area contributed by atoms with Crippen molar-refractivity contribution in [3.05, 3.63) is 38.9 Å². The lowest BCUT2D eigenvalue weighted by Crippen LogP contribution is -2.22. The molecule has 0 aliphatic carbocycles. The number of benzene rings is 1. The Balaban J connectivity index is 2.21. The molecule has 0 bridgehead atoms. The summed E-state index contributed by atoms with van der Waals surface area (Å²) >= 11 is 5.97. The van der Waals surface area contributed by atoms with Crippen molar-refractivity contribution in [1.29, 1.82) is 0 Å². The average molecular weight is 273 g/mol. The van der Waals surface area contributed by atoms with Gasteiger partial charge in [-0.05, 0) is 6.07 Å². The lowest BCUT2D eigenvalue weighted by atomic mass is 10.1. The van der Waals surface area contributed by atoms with Crippen LogP contribution in [0.4, 0.5) is 5.69 Å². The Morgan fingerprint density at radius 3 is 2.56 bits per heavy atom. The van der Waals surface area contributed by atoms with Gasteiger partial charge in [-0.25, -0.2) is 0 Å². The number of halogens is 1. The maximum Gasteiger partial charge on any atom is 0.275 e. The molecule has 1 aromatic rings. The molecule has 0 saturated carbocycles. The molecule has 18 heavy (non-hydrogen) atoms. The first-order valence-corrected chi connectivity index (χ1v) is 5.87. The van der Waals surface area contributed by atoms with Crippen LogP contribution in [0.25, 0.3) is 0 Å². The highest BCUT2D eigenvalue weighted by atomic mass is 35.5. The summed E-state index contributed by atoms with van der Waals surface area (Å²) in [5, 5.41) is 30.1. The van der Waals surface area contributed by atoms with Crippen LogP contribution >= 0.6 is 11.6 Å². The molecule has 0 spiro atoms. The topological polar surface area (TPSA) is 86.8 Å². The molecule has 1 aliphatic heterocycles. The van der Waals surface area contributed by atoms with Gasteiger partial charge in [0.15, 0.2) is 0 Å². The number of aliphatic hydroxyl groups excluding tert-OH is 2. The Bertz CT molecular complexity index is 458. The minimum absolute atomic E-state index is 0.0432. The largest absolute Gasteiger partial charge is 0.389 e. The van der Waals surface area contributed by atoms with Crippen molar-refractivity contribution in [2.75, 3.05) is 13.1 Å². The number of hydrogen-bond acceptors (Lipinski definition) is 5. The Morgan fingerprint density at radius 2 is 2.00 bits per heavy atom. The highest BCUT2D eigenvalue weighted by Gasteiger charge is 2.31. The van der Waals surface area contributed by atoms with E-state index < -0.39 is 17.1 Å². The van der Waals surface area contributed by atoms with Gasteiger partial charge in [-0.15, -0.1) is 0 Å². The fourth-order valence-corrected chi connectivity index (χ4v) is 2.30. The van der Waals surface area contributed by atoms with Crippen molar-refractivity contribution in [1.82, 2.24) is 4.90 Å². The second-order valence-corrected chi connectivity index (χ2v) is 4.73. The zero-order chi connectivity index (χ0) is 13.3. The first kappa shape index (κ1) is 13.2. The normalized spacial score (nSPS) is 24.4. The van der Waals surface area contributed by atoms with Gasteiger partial charge < -0.3 is 10.2 Å². The van der Waals surface area contributed by atoms with Crippen LogP contribution in [0, 0.1) is 10.1 Å². The van der Waals surface area contributed by atoms with E-state index in [9.17, 15) is 20.3 Å². The summed E-state index contributed by atoms with van der Waals surface area (Å²) < 4.78 is 0. The summed E-state index contributed by atoms with van der Waals surface area (Å²) in [7, 11) is 0. The maximum atomic E-state index is 10.9. The summed E-state index contributed by atoms with van der Waals surface area (Å²) in [6.07, 6.45) is -1.63. The highest BCUT2D eigenvalue weighted by Crippen LogP contribution is 2.28. The van der Waals surface area contributed by atoms with Gasteiger partial charge in [0, 0.05) is 25.7 Å². The van der Waals surface area contributed by atoms with Crippen molar-refractivity contribution in [3.8, 4) is 0 Å². The third-order valence-electron chi connectivity index (χ3n) is 3.01. The van der Waals surface area contributed by atoms with Crippen LogP contribution in [0.1, 0.15) is 5.56 Å². The Kier molecular flexibility index (Phi) is 3.82. The third-order valence-corrected chi connectivity index (χ3v) is 3.36. The van der Waals surface area contributed by atoms with Gasteiger partial charge in [0.25, 0.3) is 5.69 Å². The SMILES string of the molecule is O=[N+]([O-])c1cccc(Cl)c1CN1C[C@@H](O)[C@@H](O)C1. The minimum Gasteiger partial charge on any atom is -0.389 e. The third kappa shape index (κ3) is 2.62. The van der Waals surface area contributed by atoms with Gasteiger partial charge in [0.1, 0.15) is 0 Å². The molecule has 6 nitrogen and oxygen atoms in total. The molecular formula is C11H13ClN2O4. The number of likely N-dealkylation sites (tertiary alicyclic amines) is 1. The van der Waals surface area contributed by atoms with E-state index in [-0.39, 0.29) is 25.3 Å². The van der Waals surface area contributed by atoms with Crippen molar-refractivity contribution in [2.24, 2.45) is 0 Å². The van der Waals surface area contributed by atoms with Crippen LogP contribution in [0.15, 0.2) is 18.2 Å². The number of β-amino-alcohol motifs (C(OH)–C–C–N with tert-alkyl or cyclic N) is 2. The summed E-state index contributed by atoms with van der Waals surface area (Å²) in [4.78, 5) is 12.2. The van der Waals surface area contributed by atoms with Gasteiger partial charge >= 0.3 is 0 Å². The molecule has 0 unspecified atom stereocenters. The second kappa shape index (κ2) is 5.19. The fourth-order valence-electron chi connectivity index (χ4n) is 2.07. The number of nitrogens with zero attached hydrogens (tertiary/aromatic N) is 2. The Morgan fingerprint density at radius 1 is 1.39 bits per heavy atom. The predicted molar refractivity (Wildman–Crippen MR) is 65.4 cm³/mol. The first-order valence-electron chi connectivity index (χ1n) is 5.49. The van der Waals surface area contributed by atoms with E-state index >= 15 is 0 Å². The van der Waals surface area contributed by atoms with Crippen molar-refractivity contribution in [3.63, 3.8) is 0 Å². The van der Waals surface area contributed by atoms with Crippen LogP contribution < -0.4 is 0 Å². The smallest absolute Gasteiger partial charge is 0.275 e. The Hall–Kier alpha value is -1.21. The number of aliphatic hydroxyl groups is 2. The van der Waals surface area contributed by atoms with Crippen molar-refractivity contribution >= 4 is 17.3 Å². The number of nitro groups is 1. The lowest BCUT2D eigenvalue weighted by molar-refractivity contribution is -0.385. The molecule has 1 aromatic carbocycles. The lowest BCUT2D eigenvalue weighted by Gasteiger charge is -2.15. The van der Waals surface area contributed by atoms with Crippen molar-refractivity contribution in [2.45, 2.75) is 18.8 Å². The summed E-state index contributed by atoms with van der Waals surface area (Å²) in [6, 6.07) is 4.51. The first-order chi connectivity index (χ1) is 8.49. The standard InChI is InChI=1S/C11H13ClN2O4/c12-8-2-1-3-9(14(17)18)7(8)4-13-5-10(15)11(16)6-13/h1-3,10-11,15-16H,4-6H2/t10-,11+. The van der Waals surface area contributed by atoms with Gasteiger partial charge in [-0.1, -0.05) is 17.7 Å². The second-order valence-electron chi connectivity index (χ2n) is 4.32. The van der Waals surface area contributed by atoms with Crippen LogP contribution in [0.2, 0.25) is 5.02 Å². The maximum absolute atomic E-state index is 10.9. The van der Waals surface area contributed by atoms with Gasteiger partial charge in [-0.2, -0.15) is 0 Å². The molecule has 2 rings (SSSR count). The highest BCUT2D eigenvalue weighted by molar-refractivity contribution is 6.31. The van der Waals surface area contributed by atoms with Crippen molar-refractivity contribution < 1.29 is 15.1 Å². The van der Waals surface area contributed by atoms with E-state index in [2.05, 4.69) is 0 Å². The van der Waals surface area contributed by atoms with E-state index in [1.54, 1.807) is 11.0 Å². The average Bonchev–Trinajstić information content (AvgIpc) is 2.60. The summed E-state index contributed by atoms with van der Waals surface area (Å²) in [5.41, 5.74) is 0.365. The summed E-state index contributed by atoms with van der Waals surface area (Å²) in [5.74, 6) is 0. The minimum atomic E-state index is -0.813. The van der Waals surface area contributed by atoms with Gasteiger partial charge in [0.2, 0.25) is 0 Å². The molecule has 2 N–H and O–H groups in total. The van der Waals surface area contributed by atoms with Gasteiger partial charge in [0.05, 0.1) is 27.7 Å². The van der Waals surface area contributed by atoms with E-state index in [1.807, 2.05) is 0 Å². The number of hydrogen-bond donors (Lipinski definition) is 2. The molecule has 0 radical (unpaired) electrons. The van der Waals surface area contributed by atoms with E-state index in [1.165, 1.54) is 12.1 Å².